The van der Waals surface area contributed by atoms with Gasteiger partial charge >= 0.3 is 5.97 Å². The minimum atomic E-state index is -1.03. The van der Waals surface area contributed by atoms with E-state index >= 15 is 0 Å². The molecule has 0 aromatic carbocycles. The number of rotatable bonds is 12. The van der Waals surface area contributed by atoms with Crippen LogP contribution in [0.3, 0.4) is 0 Å². The summed E-state index contributed by atoms with van der Waals surface area (Å²) in [7, 11) is 0. The number of unbranched alkanes of at least 4 members (excludes halogenated alkanes) is 4. The number of carbonyl (C=O) groups is 1. The maximum Gasteiger partial charge on any atom is 0.344 e. The molecule has 144 valence electrons. The van der Waals surface area contributed by atoms with Crippen LogP contribution in [0.5, 0.6) is 0 Å². The van der Waals surface area contributed by atoms with Crippen molar-refractivity contribution in [2.24, 2.45) is 22.9 Å². The van der Waals surface area contributed by atoms with Crippen LogP contribution in [0.25, 0.3) is 0 Å². The lowest BCUT2D eigenvalue weighted by Gasteiger charge is -2.33. The van der Waals surface area contributed by atoms with Gasteiger partial charge in [-0.15, -0.1) is 0 Å². The number of oxime groups is 1. The number of aliphatic hydroxyl groups is 2. The molecule has 2 aliphatic rings. The summed E-state index contributed by atoms with van der Waals surface area (Å²) in [6, 6.07) is 0. The third-order valence-corrected chi connectivity index (χ3v) is 5.75. The number of fused-ring (bicyclic) bond motifs is 1. The van der Waals surface area contributed by atoms with E-state index in [-0.39, 0.29) is 30.0 Å². The molecule has 0 heterocycles. The van der Waals surface area contributed by atoms with Crippen molar-refractivity contribution in [1.29, 1.82) is 0 Å². The van der Waals surface area contributed by atoms with E-state index in [1.807, 2.05) is 0 Å². The molecule has 0 spiro atoms. The maximum atomic E-state index is 10.4. The largest absolute Gasteiger partial charge is 0.479 e. The van der Waals surface area contributed by atoms with Gasteiger partial charge in [-0.1, -0.05) is 44.2 Å². The second-order valence-electron chi connectivity index (χ2n) is 7.64. The van der Waals surface area contributed by atoms with Crippen LogP contribution >= 0.6 is 0 Å². The first kappa shape index (κ1) is 20.2. The molecule has 2 aliphatic carbocycles. The Morgan fingerprint density at radius 2 is 2.04 bits per heavy atom. The van der Waals surface area contributed by atoms with Crippen molar-refractivity contribution in [3.63, 3.8) is 0 Å². The van der Waals surface area contributed by atoms with E-state index in [2.05, 4.69) is 12.1 Å². The number of aliphatic hydroxyl groups excluding tert-OH is 2. The van der Waals surface area contributed by atoms with E-state index in [1.54, 1.807) is 0 Å². The summed E-state index contributed by atoms with van der Waals surface area (Å²) in [6.45, 7) is 1.78. The Bertz CT molecular complexity index is 453. The number of carboxylic acids is 1. The molecular weight excluding hydrogens is 322 g/mol. The third-order valence-electron chi connectivity index (χ3n) is 5.75. The second kappa shape index (κ2) is 10.1. The molecule has 2 fully saturated rings. The molecule has 2 saturated carbocycles. The van der Waals surface area contributed by atoms with Crippen LogP contribution in [-0.2, 0) is 9.63 Å². The van der Waals surface area contributed by atoms with E-state index in [0.29, 0.717) is 6.42 Å². The summed E-state index contributed by atoms with van der Waals surface area (Å²) in [4.78, 5) is 15.3. The molecule has 5 atom stereocenters. The highest BCUT2D eigenvalue weighted by molar-refractivity contribution is 5.93. The highest BCUT2D eigenvalue weighted by Gasteiger charge is 2.51. The van der Waals surface area contributed by atoms with E-state index in [0.717, 1.165) is 37.8 Å². The van der Waals surface area contributed by atoms with Crippen molar-refractivity contribution >= 4 is 11.7 Å². The minimum Gasteiger partial charge on any atom is -0.479 e. The fraction of sp³-hybridized carbons (Fsp3) is 0.895. The number of aliphatic carboxylic acids is 1. The zero-order valence-corrected chi connectivity index (χ0v) is 15.3. The standard InChI is InChI=1S/C19H33NO5/c1-2-3-4-5-6-7-14(21)9-8-13-10-15-16(19(13)24)11-17(15)20-25-12-18(22)23/h13-16,19,21,24H,2-12H2,1H3,(H,22,23). The molecule has 0 amide bonds. The predicted octanol–water partition coefficient (Wildman–Crippen LogP) is 2.96. The van der Waals surface area contributed by atoms with Crippen LogP contribution < -0.4 is 0 Å². The van der Waals surface area contributed by atoms with Gasteiger partial charge in [-0.25, -0.2) is 4.79 Å². The number of hydrogen-bond donors (Lipinski definition) is 3. The van der Waals surface area contributed by atoms with E-state index < -0.39 is 12.6 Å². The summed E-state index contributed by atoms with van der Waals surface area (Å²) in [6.07, 6.45) is 9.43. The van der Waals surface area contributed by atoms with Crippen molar-refractivity contribution in [2.45, 2.75) is 83.3 Å². The van der Waals surface area contributed by atoms with Gasteiger partial charge in [-0.3, -0.25) is 0 Å². The van der Waals surface area contributed by atoms with Crippen molar-refractivity contribution in [1.82, 2.24) is 0 Å². The van der Waals surface area contributed by atoms with Gasteiger partial charge < -0.3 is 20.2 Å². The molecule has 25 heavy (non-hydrogen) atoms. The molecule has 0 aromatic heterocycles. The van der Waals surface area contributed by atoms with Crippen LogP contribution in [0.15, 0.2) is 5.16 Å². The number of carboxylic acid groups (broad SMARTS) is 1. The van der Waals surface area contributed by atoms with Crippen molar-refractivity contribution in [3.8, 4) is 0 Å². The molecular formula is C19H33NO5. The first-order chi connectivity index (χ1) is 12.0. The average Bonchev–Trinajstić information content (AvgIpc) is 2.80. The average molecular weight is 355 g/mol. The number of hydrogen-bond acceptors (Lipinski definition) is 5. The SMILES string of the molecule is CCCCCCCC(O)CCC1CC2C(=NOCC(=O)O)CC2C1O. The first-order valence-corrected chi connectivity index (χ1v) is 9.79. The van der Waals surface area contributed by atoms with Crippen LogP contribution in [0, 0.1) is 17.8 Å². The summed E-state index contributed by atoms with van der Waals surface area (Å²) in [5.41, 5.74) is 0.879. The van der Waals surface area contributed by atoms with Gasteiger partial charge in [0.2, 0.25) is 6.61 Å². The molecule has 0 radical (unpaired) electrons. The molecule has 3 N–H and O–H groups in total. The molecule has 6 heteroatoms. The fourth-order valence-electron chi connectivity index (χ4n) is 4.20. The molecule has 0 bridgehead atoms. The second-order valence-corrected chi connectivity index (χ2v) is 7.64. The zero-order valence-electron chi connectivity index (χ0n) is 15.3. The van der Waals surface area contributed by atoms with Gasteiger partial charge in [-0.2, -0.15) is 0 Å². The number of nitrogens with zero attached hydrogens (tertiary/aromatic N) is 1. The summed E-state index contributed by atoms with van der Waals surface area (Å²) >= 11 is 0. The highest BCUT2D eigenvalue weighted by atomic mass is 16.6. The minimum absolute atomic E-state index is 0.205. The lowest BCUT2D eigenvalue weighted by atomic mass is 9.73. The predicted molar refractivity (Wildman–Crippen MR) is 95.4 cm³/mol. The lowest BCUT2D eigenvalue weighted by molar-refractivity contribution is -0.142. The molecule has 6 nitrogen and oxygen atoms in total. The Morgan fingerprint density at radius 3 is 2.76 bits per heavy atom. The Morgan fingerprint density at radius 1 is 1.28 bits per heavy atom. The van der Waals surface area contributed by atoms with Crippen molar-refractivity contribution in [3.05, 3.63) is 0 Å². The Labute approximate surface area is 150 Å². The topological polar surface area (TPSA) is 99.4 Å². The first-order valence-electron chi connectivity index (χ1n) is 9.79. The van der Waals surface area contributed by atoms with Gasteiger partial charge in [0.25, 0.3) is 0 Å². The monoisotopic (exact) mass is 355 g/mol. The maximum absolute atomic E-state index is 10.4. The smallest absolute Gasteiger partial charge is 0.344 e. The summed E-state index contributed by atoms with van der Waals surface area (Å²) in [5.74, 6) is -0.381. The zero-order chi connectivity index (χ0) is 18.2. The van der Waals surface area contributed by atoms with Crippen LogP contribution in [0.2, 0.25) is 0 Å². The Kier molecular flexibility index (Phi) is 8.16. The third kappa shape index (κ3) is 5.96. The van der Waals surface area contributed by atoms with Gasteiger partial charge in [0, 0.05) is 5.92 Å². The molecule has 0 aromatic rings. The van der Waals surface area contributed by atoms with E-state index in [4.69, 9.17) is 9.94 Å². The molecule has 0 aliphatic heterocycles. The summed E-state index contributed by atoms with van der Waals surface area (Å²) in [5, 5.41) is 33.0. The lowest BCUT2D eigenvalue weighted by Crippen LogP contribution is -2.38. The Hall–Kier alpha value is -1.14. The van der Waals surface area contributed by atoms with E-state index in [1.165, 1.54) is 25.7 Å². The Balaban J connectivity index is 1.64. The highest BCUT2D eigenvalue weighted by Crippen LogP contribution is 2.49. The quantitative estimate of drug-likeness (QED) is 0.369. The molecule has 5 unspecified atom stereocenters. The normalized spacial score (nSPS) is 30.8. The fourth-order valence-corrected chi connectivity index (χ4v) is 4.20. The van der Waals surface area contributed by atoms with Crippen molar-refractivity contribution in [2.75, 3.05) is 6.61 Å². The molecule has 0 saturated heterocycles. The summed E-state index contributed by atoms with van der Waals surface area (Å²) < 4.78 is 0. The molecule has 2 rings (SSSR count). The van der Waals surface area contributed by atoms with Crippen LogP contribution in [-0.4, -0.2) is 45.8 Å². The van der Waals surface area contributed by atoms with Gasteiger partial charge in [0.15, 0.2) is 0 Å². The van der Waals surface area contributed by atoms with Gasteiger partial charge in [0.05, 0.1) is 17.9 Å². The van der Waals surface area contributed by atoms with Crippen LogP contribution in [0.1, 0.15) is 71.1 Å². The van der Waals surface area contributed by atoms with Crippen molar-refractivity contribution < 1.29 is 25.0 Å². The van der Waals surface area contributed by atoms with Gasteiger partial charge in [-0.05, 0) is 43.9 Å². The van der Waals surface area contributed by atoms with Gasteiger partial charge in [0.1, 0.15) is 0 Å². The van der Waals surface area contributed by atoms with Crippen LogP contribution in [0.4, 0.5) is 0 Å². The van der Waals surface area contributed by atoms with E-state index in [9.17, 15) is 15.0 Å².